The normalized spacial score (nSPS) is 22.2. The summed E-state index contributed by atoms with van der Waals surface area (Å²) in [6.45, 7) is 4.79. The second-order valence-electron chi connectivity index (χ2n) is 12.1. The third-order valence-corrected chi connectivity index (χ3v) is 8.51. The number of ether oxygens (including phenoxy) is 2. The molecule has 11 nitrogen and oxygen atoms in total. The van der Waals surface area contributed by atoms with E-state index < -0.39 is 6.10 Å². The van der Waals surface area contributed by atoms with Crippen LogP contribution in [0, 0.1) is 0 Å². The standard InChI is InChI=1S/C31H54N8O3/c1-2-3-4-5-6-7-8-9-10-11-12-13-14-15-16-17-18-41-22-25-20-38(37-36-25)21-27-26(40)19-28(42-27)39-24-35-29-30(32)33-23-34-31(29)39/h23-28,40H,2-22H2,1H3,(H2,32,33,34). The lowest BCUT2D eigenvalue weighted by molar-refractivity contribution is -0.0326. The van der Waals surface area contributed by atoms with Crippen LogP contribution in [-0.4, -0.2) is 74.2 Å². The molecule has 42 heavy (non-hydrogen) atoms. The quantitative estimate of drug-likeness (QED) is 0.152. The molecule has 3 N–H and O–H groups in total. The number of aliphatic hydroxyl groups excluding tert-OH is 1. The number of fused-ring (bicyclic) bond motifs is 1. The van der Waals surface area contributed by atoms with E-state index in [1.807, 2.05) is 5.01 Å². The van der Waals surface area contributed by atoms with Crippen LogP contribution in [0.15, 0.2) is 23.0 Å². The highest BCUT2D eigenvalue weighted by molar-refractivity contribution is 5.81. The van der Waals surface area contributed by atoms with Gasteiger partial charge in [0, 0.05) is 13.0 Å². The molecular formula is C31H54N8O3. The number of imidazole rings is 1. The highest BCUT2D eigenvalue weighted by Crippen LogP contribution is 2.32. The van der Waals surface area contributed by atoms with Gasteiger partial charge in [0.25, 0.3) is 0 Å². The van der Waals surface area contributed by atoms with Crippen LogP contribution in [0.4, 0.5) is 5.82 Å². The van der Waals surface area contributed by atoms with Crippen molar-refractivity contribution in [1.29, 1.82) is 0 Å². The first-order valence-electron chi connectivity index (χ1n) is 16.7. The number of nitrogens with two attached hydrogens (primary N) is 1. The van der Waals surface area contributed by atoms with Crippen molar-refractivity contribution in [3.05, 3.63) is 12.7 Å². The fourth-order valence-corrected chi connectivity index (χ4v) is 5.97. The summed E-state index contributed by atoms with van der Waals surface area (Å²) < 4.78 is 13.9. The fourth-order valence-electron chi connectivity index (χ4n) is 5.97. The zero-order chi connectivity index (χ0) is 29.4. The van der Waals surface area contributed by atoms with Gasteiger partial charge < -0.3 is 20.3 Å². The van der Waals surface area contributed by atoms with Gasteiger partial charge in [0.05, 0.1) is 32.1 Å². The van der Waals surface area contributed by atoms with Crippen molar-refractivity contribution in [2.45, 2.75) is 141 Å². The molecule has 0 bridgehead atoms. The van der Waals surface area contributed by atoms with Gasteiger partial charge in [-0.3, -0.25) is 9.58 Å². The first kappa shape index (κ1) is 32.5. The average Bonchev–Trinajstić information content (AvgIpc) is 3.72. The lowest BCUT2D eigenvalue weighted by Gasteiger charge is -2.21. The molecule has 2 aliphatic heterocycles. The zero-order valence-corrected chi connectivity index (χ0v) is 25.8. The van der Waals surface area contributed by atoms with E-state index in [9.17, 15) is 5.11 Å². The molecule has 236 valence electrons. The number of unbranched alkanes of at least 4 members (excludes halogenated alkanes) is 15. The summed E-state index contributed by atoms with van der Waals surface area (Å²) in [6.07, 6.45) is 24.1. The topological polar surface area (TPSA) is 136 Å². The van der Waals surface area contributed by atoms with Crippen molar-refractivity contribution < 1.29 is 14.6 Å². The SMILES string of the molecule is CCCCCCCCCCCCCCCCCCOCC1CN(CC2OC(n3cnc4c(N)ncnc43)CC2O)N=N1. The van der Waals surface area contributed by atoms with Gasteiger partial charge in [-0.2, -0.15) is 5.11 Å². The summed E-state index contributed by atoms with van der Waals surface area (Å²) in [4.78, 5) is 12.6. The predicted molar refractivity (Wildman–Crippen MR) is 165 cm³/mol. The number of hydrogen-bond donors (Lipinski definition) is 2. The van der Waals surface area contributed by atoms with E-state index in [0.29, 0.717) is 43.1 Å². The monoisotopic (exact) mass is 586 g/mol. The van der Waals surface area contributed by atoms with Crippen LogP contribution in [0.5, 0.6) is 0 Å². The number of anilines is 1. The molecule has 11 heteroatoms. The van der Waals surface area contributed by atoms with Crippen molar-refractivity contribution >= 4 is 17.0 Å². The summed E-state index contributed by atoms with van der Waals surface area (Å²) in [6, 6.07) is 0.0256. The Morgan fingerprint density at radius 1 is 0.905 bits per heavy atom. The molecule has 2 aromatic rings. The minimum absolute atomic E-state index is 0.0256. The van der Waals surface area contributed by atoms with E-state index in [4.69, 9.17) is 15.2 Å². The Labute approximate surface area is 251 Å². The summed E-state index contributed by atoms with van der Waals surface area (Å²) in [5.41, 5.74) is 7.04. The maximum absolute atomic E-state index is 10.6. The molecule has 0 aliphatic carbocycles. The number of nitrogens with zero attached hydrogens (tertiary/aromatic N) is 7. The number of hydrogen-bond acceptors (Lipinski definition) is 10. The lowest BCUT2D eigenvalue weighted by Crippen LogP contribution is -2.36. The first-order chi connectivity index (χ1) is 20.7. The molecule has 0 saturated carbocycles. The van der Waals surface area contributed by atoms with Gasteiger partial charge in [-0.25, -0.2) is 15.0 Å². The fraction of sp³-hybridized carbons (Fsp3) is 0.839. The van der Waals surface area contributed by atoms with Crippen molar-refractivity contribution in [3.8, 4) is 0 Å². The molecular weight excluding hydrogens is 532 g/mol. The average molecular weight is 587 g/mol. The van der Waals surface area contributed by atoms with E-state index in [0.717, 1.165) is 13.0 Å². The van der Waals surface area contributed by atoms with Crippen LogP contribution in [0.2, 0.25) is 0 Å². The predicted octanol–water partition coefficient (Wildman–Crippen LogP) is 6.39. The Morgan fingerprint density at radius 2 is 1.55 bits per heavy atom. The third kappa shape index (κ3) is 10.4. The van der Waals surface area contributed by atoms with Gasteiger partial charge in [-0.1, -0.05) is 108 Å². The van der Waals surface area contributed by atoms with Crippen LogP contribution < -0.4 is 5.73 Å². The van der Waals surface area contributed by atoms with Crippen LogP contribution in [0.25, 0.3) is 11.2 Å². The van der Waals surface area contributed by atoms with E-state index in [1.165, 1.54) is 103 Å². The Bertz CT molecular complexity index is 1050. The second-order valence-corrected chi connectivity index (χ2v) is 12.1. The van der Waals surface area contributed by atoms with E-state index in [-0.39, 0.29) is 18.4 Å². The van der Waals surface area contributed by atoms with Gasteiger partial charge in [0.2, 0.25) is 0 Å². The highest BCUT2D eigenvalue weighted by Gasteiger charge is 2.38. The first-order valence-corrected chi connectivity index (χ1v) is 16.7. The molecule has 1 fully saturated rings. The van der Waals surface area contributed by atoms with Crippen LogP contribution >= 0.6 is 0 Å². The highest BCUT2D eigenvalue weighted by atomic mass is 16.5. The van der Waals surface area contributed by atoms with Crippen LogP contribution in [0.3, 0.4) is 0 Å². The summed E-state index contributed by atoms with van der Waals surface area (Å²) >= 11 is 0. The third-order valence-electron chi connectivity index (χ3n) is 8.51. The van der Waals surface area contributed by atoms with Gasteiger partial charge in [-0.15, -0.1) is 0 Å². The van der Waals surface area contributed by atoms with Crippen molar-refractivity contribution in [2.75, 3.05) is 32.0 Å². The second kappa shape index (κ2) is 18.3. The maximum Gasteiger partial charge on any atom is 0.167 e. The summed E-state index contributed by atoms with van der Waals surface area (Å²) in [7, 11) is 0. The van der Waals surface area contributed by atoms with Gasteiger partial charge in [-0.05, 0) is 6.42 Å². The molecule has 1 saturated heterocycles. The van der Waals surface area contributed by atoms with E-state index >= 15 is 0 Å². The summed E-state index contributed by atoms with van der Waals surface area (Å²) in [5.74, 6) is 0.328. The van der Waals surface area contributed by atoms with E-state index in [1.54, 1.807) is 10.9 Å². The molecule has 2 aromatic heterocycles. The van der Waals surface area contributed by atoms with Crippen molar-refractivity contribution in [1.82, 2.24) is 24.5 Å². The smallest absolute Gasteiger partial charge is 0.167 e. The molecule has 4 atom stereocenters. The van der Waals surface area contributed by atoms with Gasteiger partial charge >= 0.3 is 0 Å². The Morgan fingerprint density at radius 3 is 2.21 bits per heavy atom. The molecule has 4 rings (SSSR count). The number of aliphatic hydroxyl groups is 1. The minimum atomic E-state index is -0.618. The maximum atomic E-state index is 10.6. The number of aromatic nitrogens is 4. The molecule has 0 spiro atoms. The molecule has 0 aromatic carbocycles. The molecule has 2 aliphatic rings. The van der Waals surface area contributed by atoms with Crippen LogP contribution in [-0.2, 0) is 9.47 Å². The Kier molecular flexibility index (Phi) is 14.2. The summed E-state index contributed by atoms with van der Waals surface area (Å²) in [5, 5.41) is 21.2. The number of rotatable bonds is 22. The zero-order valence-electron chi connectivity index (χ0n) is 25.8. The van der Waals surface area contributed by atoms with E-state index in [2.05, 4.69) is 32.2 Å². The number of nitrogen functional groups attached to an aromatic ring is 1. The van der Waals surface area contributed by atoms with Crippen LogP contribution in [0.1, 0.15) is 122 Å². The van der Waals surface area contributed by atoms with Gasteiger partial charge in [0.15, 0.2) is 11.5 Å². The Balaban J connectivity index is 0.962. The van der Waals surface area contributed by atoms with Gasteiger partial charge in [0.1, 0.15) is 30.2 Å². The largest absolute Gasteiger partial charge is 0.390 e. The molecule has 0 radical (unpaired) electrons. The van der Waals surface area contributed by atoms with Crippen molar-refractivity contribution in [2.24, 2.45) is 10.3 Å². The molecule has 0 amide bonds. The minimum Gasteiger partial charge on any atom is -0.390 e. The molecule has 4 heterocycles. The Hall–Kier alpha value is -2.37. The molecule has 4 unspecified atom stereocenters. The lowest BCUT2D eigenvalue weighted by atomic mass is 10.0. The van der Waals surface area contributed by atoms with Crippen molar-refractivity contribution in [3.63, 3.8) is 0 Å².